The molecule has 3 N–H and O–H groups in total. The average molecular weight is 280 g/mol. The van der Waals surface area contributed by atoms with Crippen molar-refractivity contribution < 1.29 is 9.53 Å². The second-order valence-electron chi connectivity index (χ2n) is 4.45. The summed E-state index contributed by atoms with van der Waals surface area (Å²) in [5, 5.41) is 2.75. The predicted octanol–water partition coefficient (Wildman–Crippen LogP) is 1.23. The lowest BCUT2D eigenvalue weighted by Gasteiger charge is -2.19. The molecule has 0 aromatic carbocycles. The molecular formula is C14H24N4O2. The first kappa shape index (κ1) is 16.4. The minimum absolute atomic E-state index is 0.223. The van der Waals surface area contributed by atoms with Crippen LogP contribution >= 0.6 is 0 Å². The Bertz CT molecular complexity index is 404. The van der Waals surface area contributed by atoms with Crippen LogP contribution in [0, 0.1) is 0 Å². The van der Waals surface area contributed by atoms with Gasteiger partial charge in [-0.3, -0.25) is 4.79 Å². The van der Waals surface area contributed by atoms with Crippen molar-refractivity contribution in [2.45, 2.75) is 26.3 Å². The normalized spacial score (nSPS) is 12.0. The fraction of sp³-hybridized carbons (Fsp3) is 0.571. The second kappa shape index (κ2) is 8.50. The highest BCUT2D eigenvalue weighted by Crippen LogP contribution is 2.14. The van der Waals surface area contributed by atoms with Crippen molar-refractivity contribution in [3.8, 4) is 0 Å². The number of nitrogens with one attached hydrogen (secondary N) is 1. The molecule has 112 valence electrons. The SMILES string of the molecule is CCN(CC)c1ccc(NC(=O)C(N)CCOC)cn1. The van der Waals surface area contributed by atoms with Crippen LogP contribution in [-0.4, -0.2) is 43.7 Å². The van der Waals surface area contributed by atoms with E-state index in [0.717, 1.165) is 18.9 Å². The number of carbonyl (C=O) groups excluding carboxylic acids is 1. The molecule has 1 aromatic rings. The Kier molecular flexibility index (Phi) is 6.97. The van der Waals surface area contributed by atoms with Crippen LogP contribution in [-0.2, 0) is 9.53 Å². The number of carbonyl (C=O) groups is 1. The first-order chi connectivity index (χ1) is 9.62. The highest BCUT2D eigenvalue weighted by molar-refractivity contribution is 5.94. The van der Waals surface area contributed by atoms with Gasteiger partial charge in [0.25, 0.3) is 0 Å². The summed E-state index contributed by atoms with van der Waals surface area (Å²) in [6.45, 7) is 6.42. The quantitative estimate of drug-likeness (QED) is 0.748. The summed E-state index contributed by atoms with van der Waals surface area (Å²) < 4.78 is 4.90. The maximum atomic E-state index is 11.8. The molecule has 0 spiro atoms. The summed E-state index contributed by atoms with van der Waals surface area (Å²) in [5.41, 5.74) is 6.40. The number of nitrogens with zero attached hydrogens (tertiary/aromatic N) is 2. The zero-order chi connectivity index (χ0) is 15.0. The third kappa shape index (κ3) is 4.79. The van der Waals surface area contributed by atoms with Crippen LogP contribution < -0.4 is 16.0 Å². The zero-order valence-corrected chi connectivity index (χ0v) is 12.4. The average Bonchev–Trinajstić information content (AvgIpc) is 2.47. The largest absolute Gasteiger partial charge is 0.385 e. The lowest BCUT2D eigenvalue weighted by Crippen LogP contribution is -2.36. The van der Waals surface area contributed by atoms with E-state index in [4.69, 9.17) is 10.5 Å². The first-order valence-electron chi connectivity index (χ1n) is 6.88. The van der Waals surface area contributed by atoms with Crippen molar-refractivity contribution in [2.24, 2.45) is 5.73 Å². The summed E-state index contributed by atoms with van der Waals surface area (Å²) in [6.07, 6.45) is 2.14. The van der Waals surface area contributed by atoms with Gasteiger partial charge in [0.2, 0.25) is 5.91 Å². The molecule has 1 amide bonds. The standard InChI is InChI=1S/C14H24N4O2/c1-4-18(5-2)13-7-6-11(10-16-13)17-14(19)12(15)8-9-20-3/h6-7,10,12H,4-5,8-9,15H2,1-3H3,(H,17,19). The van der Waals surface area contributed by atoms with Gasteiger partial charge in [-0.05, 0) is 32.4 Å². The summed E-state index contributed by atoms with van der Waals surface area (Å²) in [7, 11) is 1.58. The van der Waals surface area contributed by atoms with Crippen LogP contribution in [0.2, 0.25) is 0 Å². The van der Waals surface area contributed by atoms with E-state index in [-0.39, 0.29) is 5.91 Å². The van der Waals surface area contributed by atoms with E-state index in [9.17, 15) is 4.79 Å². The fourth-order valence-corrected chi connectivity index (χ4v) is 1.81. The molecule has 1 aromatic heterocycles. The number of anilines is 2. The van der Waals surface area contributed by atoms with Gasteiger partial charge in [-0.15, -0.1) is 0 Å². The molecule has 0 saturated carbocycles. The molecule has 0 bridgehead atoms. The molecule has 0 aliphatic carbocycles. The van der Waals surface area contributed by atoms with E-state index in [0.29, 0.717) is 18.7 Å². The highest BCUT2D eigenvalue weighted by atomic mass is 16.5. The van der Waals surface area contributed by atoms with Crippen molar-refractivity contribution in [1.82, 2.24) is 4.98 Å². The van der Waals surface area contributed by atoms with Crippen LogP contribution in [0.15, 0.2) is 18.3 Å². The van der Waals surface area contributed by atoms with Crippen LogP contribution in [0.1, 0.15) is 20.3 Å². The number of hydrogen-bond donors (Lipinski definition) is 2. The van der Waals surface area contributed by atoms with Gasteiger partial charge in [-0.1, -0.05) is 0 Å². The van der Waals surface area contributed by atoms with Gasteiger partial charge < -0.3 is 20.7 Å². The van der Waals surface area contributed by atoms with Gasteiger partial charge in [-0.25, -0.2) is 4.98 Å². The Hall–Kier alpha value is -1.66. The van der Waals surface area contributed by atoms with Crippen molar-refractivity contribution >= 4 is 17.4 Å². The molecule has 1 heterocycles. The molecule has 0 saturated heterocycles. The number of nitrogens with two attached hydrogens (primary N) is 1. The predicted molar refractivity (Wildman–Crippen MR) is 80.9 cm³/mol. The Labute approximate surface area is 120 Å². The molecule has 0 fully saturated rings. The van der Waals surface area contributed by atoms with E-state index in [1.165, 1.54) is 0 Å². The topological polar surface area (TPSA) is 80.5 Å². The number of hydrogen-bond acceptors (Lipinski definition) is 5. The lowest BCUT2D eigenvalue weighted by molar-refractivity contribution is -0.117. The maximum absolute atomic E-state index is 11.8. The second-order valence-corrected chi connectivity index (χ2v) is 4.45. The van der Waals surface area contributed by atoms with Crippen LogP contribution in [0.5, 0.6) is 0 Å². The van der Waals surface area contributed by atoms with E-state index < -0.39 is 6.04 Å². The molecule has 1 unspecified atom stereocenters. The monoisotopic (exact) mass is 280 g/mol. The lowest BCUT2D eigenvalue weighted by atomic mass is 10.2. The third-order valence-corrected chi connectivity index (χ3v) is 3.07. The van der Waals surface area contributed by atoms with E-state index in [2.05, 4.69) is 29.0 Å². The van der Waals surface area contributed by atoms with Crippen LogP contribution in [0.4, 0.5) is 11.5 Å². The number of methoxy groups -OCH3 is 1. The molecule has 1 atom stereocenters. The summed E-state index contributed by atoms with van der Waals surface area (Å²) in [5.74, 6) is 0.677. The van der Waals surface area contributed by atoms with Gasteiger partial charge in [0, 0.05) is 26.8 Å². The maximum Gasteiger partial charge on any atom is 0.241 e. The summed E-state index contributed by atoms with van der Waals surface area (Å²) >= 11 is 0. The Balaban J connectivity index is 2.58. The first-order valence-corrected chi connectivity index (χ1v) is 6.88. The third-order valence-electron chi connectivity index (χ3n) is 3.07. The molecule has 6 nitrogen and oxygen atoms in total. The number of rotatable bonds is 8. The van der Waals surface area contributed by atoms with Crippen LogP contribution in [0.25, 0.3) is 0 Å². The number of ether oxygens (including phenoxy) is 1. The van der Waals surface area contributed by atoms with E-state index >= 15 is 0 Å². The van der Waals surface area contributed by atoms with E-state index in [1.54, 1.807) is 13.3 Å². The van der Waals surface area contributed by atoms with Crippen molar-refractivity contribution in [1.29, 1.82) is 0 Å². The molecular weight excluding hydrogens is 256 g/mol. The van der Waals surface area contributed by atoms with E-state index in [1.807, 2.05) is 12.1 Å². The van der Waals surface area contributed by atoms with Gasteiger partial charge >= 0.3 is 0 Å². The molecule has 6 heteroatoms. The Morgan fingerprint density at radius 3 is 2.65 bits per heavy atom. The van der Waals surface area contributed by atoms with Crippen LogP contribution in [0.3, 0.4) is 0 Å². The van der Waals surface area contributed by atoms with Gasteiger partial charge in [-0.2, -0.15) is 0 Å². The fourth-order valence-electron chi connectivity index (χ4n) is 1.81. The molecule has 0 radical (unpaired) electrons. The van der Waals surface area contributed by atoms with Gasteiger partial charge in [0.1, 0.15) is 5.82 Å². The Morgan fingerprint density at radius 2 is 2.15 bits per heavy atom. The molecule has 1 rings (SSSR count). The minimum Gasteiger partial charge on any atom is -0.385 e. The minimum atomic E-state index is -0.572. The summed E-state index contributed by atoms with van der Waals surface area (Å²) in [4.78, 5) is 18.3. The smallest absolute Gasteiger partial charge is 0.241 e. The number of amides is 1. The molecule has 0 aliphatic rings. The zero-order valence-electron chi connectivity index (χ0n) is 12.4. The number of pyridine rings is 1. The van der Waals surface area contributed by atoms with Gasteiger partial charge in [0.15, 0.2) is 0 Å². The molecule has 0 aliphatic heterocycles. The van der Waals surface area contributed by atoms with Crippen molar-refractivity contribution in [3.63, 3.8) is 0 Å². The Morgan fingerprint density at radius 1 is 1.45 bits per heavy atom. The number of aromatic nitrogens is 1. The van der Waals surface area contributed by atoms with Gasteiger partial charge in [0.05, 0.1) is 17.9 Å². The summed E-state index contributed by atoms with van der Waals surface area (Å²) in [6, 6.07) is 3.16. The molecule has 20 heavy (non-hydrogen) atoms. The van der Waals surface area contributed by atoms with Crippen molar-refractivity contribution in [3.05, 3.63) is 18.3 Å². The highest BCUT2D eigenvalue weighted by Gasteiger charge is 2.13. The van der Waals surface area contributed by atoms with Crippen molar-refractivity contribution in [2.75, 3.05) is 37.0 Å².